The number of carbonyl (C=O) groups excluding carboxylic acids is 3. The number of amides is 1. The number of aryl methyl sites for hydroxylation is 3. The molecule has 27 heavy (non-hydrogen) atoms. The van der Waals surface area contributed by atoms with Crippen molar-refractivity contribution in [3.8, 4) is 5.75 Å². The lowest BCUT2D eigenvalue weighted by molar-refractivity contribution is -0.144. The summed E-state index contributed by atoms with van der Waals surface area (Å²) in [5.41, 5.74) is 4.29. The van der Waals surface area contributed by atoms with Crippen LogP contribution < -0.4 is 10.1 Å². The smallest absolute Gasteiger partial charge is 0.344 e. The minimum absolute atomic E-state index is 0.0284. The molecule has 0 aromatic heterocycles. The van der Waals surface area contributed by atoms with Crippen LogP contribution in [0.15, 0.2) is 36.4 Å². The summed E-state index contributed by atoms with van der Waals surface area (Å²) in [5, 5.41) is 2.76. The summed E-state index contributed by atoms with van der Waals surface area (Å²) in [6.07, 6.45) is 0.987. The van der Waals surface area contributed by atoms with E-state index < -0.39 is 5.97 Å². The van der Waals surface area contributed by atoms with E-state index in [1.165, 1.54) is 0 Å². The first-order chi connectivity index (χ1) is 12.9. The summed E-state index contributed by atoms with van der Waals surface area (Å²) >= 11 is 0. The summed E-state index contributed by atoms with van der Waals surface area (Å²) in [6.45, 7) is 3.35. The van der Waals surface area contributed by atoms with Crippen molar-refractivity contribution in [1.29, 1.82) is 0 Å². The van der Waals surface area contributed by atoms with E-state index in [0.717, 1.165) is 22.4 Å². The van der Waals surface area contributed by atoms with Gasteiger partial charge in [-0.05, 0) is 67.3 Å². The molecule has 0 spiro atoms. The van der Waals surface area contributed by atoms with Crippen LogP contribution in [0, 0.1) is 13.8 Å². The van der Waals surface area contributed by atoms with Crippen LogP contribution in [-0.4, -0.2) is 30.9 Å². The fourth-order valence-corrected chi connectivity index (χ4v) is 2.77. The highest BCUT2D eigenvalue weighted by Gasteiger charge is 2.17. The summed E-state index contributed by atoms with van der Waals surface area (Å²) in [4.78, 5) is 35.5. The molecule has 6 nitrogen and oxygen atoms in total. The first-order valence-electron chi connectivity index (χ1n) is 8.74. The highest BCUT2D eigenvalue weighted by molar-refractivity contribution is 6.00. The number of ether oxygens (including phenoxy) is 2. The van der Waals surface area contributed by atoms with Crippen LogP contribution in [-0.2, 0) is 20.7 Å². The molecule has 1 aliphatic rings. The number of rotatable bonds is 6. The summed E-state index contributed by atoms with van der Waals surface area (Å²) in [5.74, 6) is -0.349. The van der Waals surface area contributed by atoms with Gasteiger partial charge < -0.3 is 14.8 Å². The Morgan fingerprint density at radius 3 is 2.59 bits per heavy atom. The van der Waals surface area contributed by atoms with Crippen LogP contribution in [0.3, 0.4) is 0 Å². The van der Waals surface area contributed by atoms with E-state index in [1.807, 2.05) is 26.0 Å². The molecule has 0 unspecified atom stereocenters. The van der Waals surface area contributed by atoms with Crippen LogP contribution in [0.4, 0.5) is 5.69 Å². The number of hydrogen-bond donors (Lipinski definition) is 1. The normalized spacial score (nSPS) is 12.7. The molecular formula is C21H21NO5. The number of fused-ring (bicyclic) bond motifs is 1. The van der Waals surface area contributed by atoms with Crippen LogP contribution >= 0.6 is 0 Å². The van der Waals surface area contributed by atoms with E-state index in [2.05, 4.69) is 5.32 Å². The highest BCUT2D eigenvalue weighted by atomic mass is 16.6. The number of benzene rings is 2. The zero-order valence-corrected chi connectivity index (χ0v) is 15.3. The first-order valence-corrected chi connectivity index (χ1v) is 8.74. The zero-order valence-electron chi connectivity index (χ0n) is 15.3. The van der Waals surface area contributed by atoms with Crippen molar-refractivity contribution >= 4 is 23.3 Å². The fraction of sp³-hybridized carbons (Fsp3) is 0.286. The Bertz CT molecular complexity index is 903. The van der Waals surface area contributed by atoms with Gasteiger partial charge in [-0.2, -0.15) is 0 Å². The average Bonchev–Trinajstić information content (AvgIpc) is 2.66. The lowest BCUT2D eigenvalue weighted by Gasteiger charge is -2.17. The number of Topliss-reactive ketones (excluding diaryl/α,β-unsaturated/α-hetero) is 1. The van der Waals surface area contributed by atoms with Gasteiger partial charge in [0.2, 0.25) is 5.91 Å². The molecule has 0 bridgehead atoms. The number of nitrogens with one attached hydrogen (secondary N) is 1. The van der Waals surface area contributed by atoms with E-state index >= 15 is 0 Å². The largest absolute Gasteiger partial charge is 0.482 e. The molecule has 0 saturated heterocycles. The van der Waals surface area contributed by atoms with Gasteiger partial charge >= 0.3 is 5.97 Å². The molecule has 1 N–H and O–H groups in total. The molecule has 0 aliphatic carbocycles. The molecule has 2 aromatic rings. The Balaban J connectivity index is 1.50. The SMILES string of the molecule is Cc1ccc(OCC(=O)OCC(=O)c2ccc3c(c2)CCC(=O)N3)cc1C. The van der Waals surface area contributed by atoms with Gasteiger partial charge in [-0.1, -0.05) is 6.07 Å². The Morgan fingerprint density at radius 1 is 1.00 bits per heavy atom. The average molecular weight is 367 g/mol. The molecule has 2 aromatic carbocycles. The maximum Gasteiger partial charge on any atom is 0.344 e. The van der Waals surface area contributed by atoms with Crippen molar-refractivity contribution in [3.05, 3.63) is 58.7 Å². The number of carbonyl (C=O) groups is 3. The molecule has 1 amide bonds. The second-order valence-corrected chi connectivity index (χ2v) is 6.54. The zero-order chi connectivity index (χ0) is 19.4. The highest BCUT2D eigenvalue weighted by Crippen LogP contribution is 2.23. The Kier molecular flexibility index (Phi) is 5.54. The Labute approximate surface area is 157 Å². The van der Waals surface area contributed by atoms with Crippen molar-refractivity contribution in [2.75, 3.05) is 18.5 Å². The summed E-state index contributed by atoms with van der Waals surface area (Å²) in [7, 11) is 0. The number of hydrogen-bond acceptors (Lipinski definition) is 5. The minimum atomic E-state index is -0.605. The molecule has 3 rings (SSSR count). The van der Waals surface area contributed by atoms with Gasteiger partial charge in [-0.15, -0.1) is 0 Å². The molecular weight excluding hydrogens is 346 g/mol. The molecule has 0 atom stereocenters. The quantitative estimate of drug-likeness (QED) is 0.627. The standard InChI is InChI=1S/C21H21NO5/c1-13-3-6-17(9-14(13)2)26-12-21(25)27-11-19(23)16-4-7-18-15(10-16)5-8-20(24)22-18/h3-4,6-7,9-10H,5,8,11-12H2,1-2H3,(H,22,24). The van der Waals surface area contributed by atoms with Gasteiger partial charge in [0.15, 0.2) is 19.0 Å². The number of anilines is 1. The second kappa shape index (κ2) is 8.03. The van der Waals surface area contributed by atoms with Gasteiger partial charge in [0.05, 0.1) is 0 Å². The van der Waals surface area contributed by atoms with Gasteiger partial charge in [0, 0.05) is 17.7 Å². The molecule has 0 saturated carbocycles. The Morgan fingerprint density at radius 2 is 1.81 bits per heavy atom. The third kappa shape index (κ3) is 4.73. The summed E-state index contributed by atoms with van der Waals surface area (Å²) in [6, 6.07) is 10.6. The predicted octanol–water partition coefficient (Wildman–Crippen LogP) is 2.99. The fourth-order valence-electron chi connectivity index (χ4n) is 2.77. The van der Waals surface area contributed by atoms with Crippen LogP contribution in [0.2, 0.25) is 0 Å². The van der Waals surface area contributed by atoms with Crippen molar-refractivity contribution in [2.24, 2.45) is 0 Å². The minimum Gasteiger partial charge on any atom is -0.482 e. The number of esters is 1. The van der Waals surface area contributed by atoms with E-state index in [0.29, 0.717) is 24.2 Å². The molecule has 1 heterocycles. The third-order valence-corrected chi connectivity index (χ3v) is 4.52. The molecule has 6 heteroatoms. The Hall–Kier alpha value is -3.15. The van der Waals surface area contributed by atoms with E-state index in [1.54, 1.807) is 24.3 Å². The summed E-state index contributed by atoms with van der Waals surface area (Å²) < 4.78 is 10.4. The van der Waals surface area contributed by atoms with Crippen molar-refractivity contribution in [1.82, 2.24) is 0 Å². The molecule has 1 aliphatic heterocycles. The second-order valence-electron chi connectivity index (χ2n) is 6.54. The van der Waals surface area contributed by atoms with Gasteiger partial charge in [-0.25, -0.2) is 4.79 Å². The van der Waals surface area contributed by atoms with Crippen LogP contribution in [0.25, 0.3) is 0 Å². The van der Waals surface area contributed by atoms with Crippen molar-refractivity contribution in [2.45, 2.75) is 26.7 Å². The number of ketones is 1. The molecule has 0 radical (unpaired) electrons. The van der Waals surface area contributed by atoms with Crippen LogP contribution in [0.1, 0.15) is 33.5 Å². The van der Waals surface area contributed by atoms with Crippen LogP contribution in [0.5, 0.6) is 5.75 Å². The van der Waals surface area contributed by atoms with Crippen molar-refractivity contribution in [3.63, 3.8) is 0 Å². The maximum absolute atomic E-state index is 12.3. The van der Waals surface area contributed by atoms with E-state index in [4.69, 9.17) is 9.47 Å². The first kappa shape index (κ1) is 18.6. The monoisotopic (exact) mass is 367 g/mol. The van der Waals surface area contributed by atoms with Gasteiger partial charge in [0.25, 0.3) is 0 Å². The van der Waals surface area contributed by atoms with Crippen molar-refractivity contribution < 1.29 is 23.9 Å². The van der Waals surface area contributed by atoms with E-state index in [-0.39, 0.29) is 24.9 Å². The predicted molar refractivity (Wildman–Crippen MR) is 100 cm³/mol. The molecule has 140 valence electrons. The van der Waals surface area contributed by atoms with E-state index in [9.17, 15) is 14.4 Å². The maximum atomic E-state index is 12.3. The third-order valence-electron chi connectivity index (χ3n) is 4.52. The molecule has 0 fully saturated rings. The van der Waals surface area contributed by atoms with Gasteiger partial charge in [-0.3, -0.25) is 9.59 Å². The lowest BCUT2D eigenvalue weighted by Crippen LogP contribution is -2.21. The lowest BCUT2D eigenvalue weighted by atomic mass is 9.99. The van der Waals surface area contributed by atoms with Gasteiger partial charge in [0.1, 0.15) is 5.75 Å². The topological polar surface area (TPSA) is 81.7 Å².